The molecule has 2 amide bonds. The van der Waals surface area contributed by atoms with E-state index in [1.807, 2.05) is 37.3 Å². The lowest BCUT2D eigenvalue weighted by Gasteiger charge is -2.11. The molecule has 7 nitrogen and oxygen atoms in total. The van der Waals surface area contributed by atoms with Gasteiger partial charge >= 0.3 is 0 Å². The summed E-state index contributed by atoms with van der Waals surface area (Å²) in [4.78, 5) is 36.8. The fourth-order valence-electron chi connectivity index (χ4n) is 3.32. The topological polar surface area (TPSA) is 93.3 Å². The largest absolute Gasteiger partial charge is 0.459 e. The molecule has 33 heavy (non-hydrogen) atoms. The molecule has 0 saturated heterocycles. The first-order valence-electron chi connectivity index (χ1n) is 10.5. The molecule has 0 atom stereocenters. The van der Waals surface area contributed by atoms with Gasteiger partial charge in [-0.3, -0.25) is 14.4 Å². The average molecular weight is 441 g/mol. The molecule has 4 aromatic rings. The number of anilines is 1. The monoisotopic (exact) mass is 441 g/mol. The summed E-state index contributed by atoms with van der Waals surface area (Å²) < 4.78 is 6.75. The summed E-state index contributed by atoms with van der Waals surface area (Å²) in [5.74, 6) is -0.424. The Morgan fingerprint density at radius 2 is 1.70 bits per heavy atom. The van der Waals surface area contributed by atoms with E-state index in [1.165, 1.54) is 12.3 Å². The van der Waals surface area contributed by atoms with Crippen LogP contribution in [-0.2, 0) is 13.1 Å². The Morgan fingerprint density at radius 1 is 0.909 bits per heavy atom. The number of furan rings is 1. The van der Waals surface area contributed by atoms with Gasteiger partial charge < -0.3 is 19.6 Å². The van der Waals surface area contributed by atoms with Gasteiger partial charge in [0, 0.05) is 30.1 Å². The second kappa shape index (κ2) is 9.82. The molecule has 0 aliphatic heterocycles. The van der Waals surface area contributed by atoms with Crippen LogP contribution in [0.4, 0.5) is 5.69 Å². The van der Waals surface area contributed by atoms with Crippen molar-refractivity contribution in [1.82, 2.24) is 9.88 Å². The third-order valence-electron chi connectivity index (χ3n) is 5.22. The van der Waals surface area contributed by atoms with E-state index in [9.17, 15) is 14.4 Å². The minimum atomic E-state index is -0.376. The van der Waals surface area contributed by atoms with E-state index in [-0.39, 0.29) is 23.1 Å². The van der Waals surface area contributed by atoms with Crippen molar-refractivity contribution in [2.75, 3.05) is 5.32 Å². The van der Waals surface area contributed by atoms with Crippen molar-refractivity contribution in [2.45, 2.75) is 20.0 Å². The number of pyridine rings is 1. The first kappa shape index (κ1) is 21.8. The molecule has 0 unspecified atom stereocenters. The normalized spacial score (nSPS) is 10.6. The van der Waals surface area contributed by atoms with Gasteiger partial charge in [0.2, 0.25) is 0 Å². The molecule has 0 saturated carbocycles. The van der Waals surface area contributed by atoms with Gasteiger partial charge in [-0.2, -0.15) is 0 Å². The SMILES string of the molecule is Cc1ccc(C(=O)NCc2ccc(Cn3ccccc3=O)cc2)cc1NC(=O)c1ccco1. The molecule has 166 valence electrons. The number of rotatable bonds is 7. The lowest BCUT2D eigenvalue weighted by molar-refractivity contribution is 0.0949. The van der Waals surface area contributed by atoms with Gasteiger partial charge in [-0.15, -0.1) is 0 Å². The van der Waals surface area contributed by atoms with Gasteiger partial charge in [-0.05, 0) is 53.9 Å². The highest BCUT2D eigenvalue weighted by atomic mass is 16.3. The second-order valence-corrected chi connectivity index (χ2v) is 7.63. The van der Waals surface area contributed by atoms with Crippen molar-refractivity contribution >= 4 is 17.5 Å². The summed E-state index contributed by atoms with van der Waals surface area (Å²) in [5, 5.41) is 5.67. The lowest BCUT2D eigenvalue weighted by atomic mass is 10.1. The fraction of sp³-hybridized carbons (Fsp3) is 0.115. The molecule has 2 N–H and O–H groups in total. The summed E-state index contributed by atoms with van der Waals surface area (Å²) in [5.41, 5.74) is 3.70. The Bertz CT molecular complexity index is 1320. The summed E-state index contributed by atoms with van der Waals surface area (Å²) in [6.07, 6.45) is 3.18. The summed E-state index contributed by atoms with van der Waals surface area (Å²) in [6, 6.07) is 21.2. The van der Waals surface area contributed by atoms with Gasteiger partial charge in [-0.25, -0.2) is 0 Å². The van der Waals surface area contributed by atoms with Crippen LogP contribution in [0.15, 0.2) is 94.5 Å². The van der Waals surface area contributed by atoms with Crippen molar-refractivity contribution in [3.05, 3.63) is 124 Å². The van der Waals surface area contributed by atoms with E-state index in [1.54, 1.807) is 47.2 Å². The van der Waals surface area contributed by atoms with E-state index < -0.39 is 0 Å². The maximum Gasteiger partial charge on any atom is 0.291 e. The van der Waals surface area contributed by atoms with E-state index in [2.05, 4.69) is 10.6 Å². The third kappa shape index (κ3) is 5.46. The number of hydrogen-bond donors (Lipinski definition) is 2. The maximum absolute atomic E-state index is 12.7. The van der Waals surface area contributed by atoms with Crippen molar-refractivity contribution in [2.24, 2.45) is 0 Å². The van der Waals surface area contributed by atoms with Crippen molar-refractivity contribution in [3.8, 4) is 0 Å². The molecule has 2 heterocycles. The van der Waals surface area contributed by atoms with Gasteiger partial charge in [0.15, 0.2) is 5.76 Å². The molecule has 0 spiro atoms. The van der Waals surface area contributed by atoms with Crippen LogP contribution in [0.5, 0.6) is 0 Å². The summed E-state index contributed by atoms with van der Waals surface area (Å²) in [6.45, 7) is 2.69. The van der Waals surface area contributed by atoms with Gasteiger partial charge in [0.1, 0.15) is 0 Å². The van der Waals surface area contributed by atoms with Gasteiger partial charge in [-0.1, -0.05) is 36.4 Å². The predicted octanol–water partition coefficient (Wildman–Crippen LogP) is 3.98. The molecular formula is C26H23N3O4. The number of benzene rings is 2. The first-order chi connectivity index (χ1) is 16.0. The summed E-state index contributed by atoms with van der Waals surface area (Å²) >= 11 is 0. The van der Waals surface area contributed by atoms with E-state index >= 15 is 0 Å². The average Bonchev–Trinajstić information content (AvgIpc) is 3.36. The number of nitrogens with one attached hydrogen (secondary N) is 2. The Kier molecular flexibility index (Phi) is 6.50. The van der Waals surface area contributed by atoms with Crippen molar-refractivity contribution in [1.29, 1.82) is 0 Å². The number of carbonyl (C=O) groups is 2. The van der Waals surface area contributed by atoms with Crippen molar-refractivity contribution in [3.63, 3.8) is 0 Å². The highest BCUT2D eigenvalue weighted by molar-refractivity contribution is 6.03. The zero-order valence-corrected chi connectivity index (χ0v) is 18.1. The smallest absolute Gasteiger partial charge is 0.291 e. The Labute approximate surface area is 190 Å². The molecule has 2 aromatic heterocycles. The lowest BCUT2D eigenvalue weighted by Crippen LogP contribution is -2.23. The van der Waals surface area contributed by atoms with Crippen LogP contribution in [0.3, 0.4) is 0 Å². The molecule has 2 aromatic carbocycles. The Hall–Kier alpha value is -4.39. The molecule has 0 radical (unpaired) electrons. The number of nitrogens with zero attached hydrogens (tertiary/aromatic N) is 1. The standard InChI is InChI=1S/C26H23N3O4/c1-18-7-12-21(15-22(18)28-26(32)23-5-4-14-33-23)25(31)27-16-19-8-10-20(11-9-19)17-29-13-3-2-6-24(29)30/h2-15H,16-17H2,1H3,(H,27,31)(H,28,32). The molecule has 0 bridgehead atoms. The molecule has 0 fully saturated rings. The number of carbonyl (C=O) groups excluding carboxylic acids is 2. The van der Waals surface area contributed by atoms with Gasteiger partial charge in [0.25, 0.3) is 17.4 Å². The van der Waals surface area contributed by atoms with Gasteiger partial charge in [0.05, 0.1) is 12.8 Å². The zero-order chi connectivity index (χ0) is 23.2. The number of aryl methyl sites for hydroxylation is 1. The van der Waals surface area contributed by atoms with E-state index in [0.29, 0.717) is 24.3 Å². The Balaban J connectivity index is 1.37. The zero-order valence-electron chi connectivity index (χ0n) is 18.1. The molecule has 0 aliphatic carbocycles. The number of hydrogen-bond acceptors (Lipinski definition) is 4. The van der Waals surface area contributed by atoms with Crippen LogP contribution < -0.4 is 16.2 Å². The fourth-order valence-corrected chi connectivity index (χ4v) is 3.32. The van der Waals surface area contributed by atoms with E-state index in [0.717, 1.165) is 16.7 Å². The first-order valence-corrected chi connectivity index (χ1v) is 10.5. The summed E-state index contributed by atoms with van der Waals surface area (Å²) in [7, 11) is 0. The van der Waals surface area contributed by atoms with Crippen LogP contribution in [-0.4, -0.2) is 16.4 Å². The highest BCUT2D eigenvalue weighted by Gasteiger charge is 2.13. The highest BCUT2D eigenvalue weighted by Crippen LogP contribution is 2.18. The minimum absolute atomic E-state index is 0.0494. The number of aromatic nitrogens is 1. The predicted molar refractivity (Wildman–Crippen MR) is 125 cm³/mol. The van der Waals surface area contributed by atoms with Crippen LogP contribution >= 0.6 is 0 Å². The molecule has 7 heteroatoms. The minimum Gasteiger partial charge on any atom is -0.459 e. The van der Waals surface area contributed by atoms with Crippen LogP contribution in [0, 0.1) is 6.92 Å². The number of amides is 2. The molecule has 0 aliphatic rings. The maximum atomic E-state index is 12.7. The molecule has 4 rings (SSSR count). The Morgan fingerprint density at radius 3 is 2.42 bits per heavy atom. The van der Waals surface area contributed by atoms with Crippen molar-refractivity contribution < 1.29 is 14.0 Å². The third-order valence-corrected chi connectivity index (χ3v) is 5.22. The van der Waals surface area contributed by atoms with E-state index in [4.69, 9.17) is 4.42 Å². The molecular weight excluding hydrogens is 418 g/mol. The quantitative estimate of drug-likeness (QED) is 0.454. The second-order valence-electron chi connectivity index (χ2n) is 7.63. The van der Waals surface area contributed by atoms with Crippen LogP contribution in [0.1, 0.15) is 37.6 Å². The van der Waals surface area contributed by atoms with Crippen LogP contribution in [0.25, 0.3) is 0 Å². The van der Waals surface area contributed by atoms with Crippen LogP contribution in [0.2, 0.25) is 0 Å².